The van der Waals surface area contributed by atoms with Crippen molar-refractivity contribution in [2.45, 2.75) is 12.5 Å². The summed E-state index contributed by atoms with van der Waals surface area (Å²) in [5.74, 6) is 0. The minimum Gasteiger partial charge on any atom is -0.373 e. The molecule has 1 saturated heterocycles. The molecule has 0 N–H and O–H groups in total. The van der Waals surface area contributed by atoms with Gasteiger partial charge in [0.2, 0.25) is 0 Å². The van der Waals surface area contributed by atoms with Gasteiger partial charge in [0.25, 0.3) is 0 Å². The van der Waals surface area contributed by atoms with Gasteiger partial charge in [0.1, 0.15) is 0 Å². The summed E-state index contributed by atoms with van der Waals surface area (Å²) in [5, 5.41) is 0. The molecular formula is C11H12O. The van der Waals surface area contributed by atoms with Gasteiger partial charge in [-0.1, -0.05) is 36.9 Å². The van der Waals surface area contributed by atoms with Gasteiger partial charge in [0.05, 0.1) is 12.7 Å². The van der Waals surface area contributed by atoms with Crippen LogP contribution < -0.4 is 0 Å². The van der Waals surface area contributed by atoms with Crippen molar-refractivity contribution in [1.82, 2.24) is 0 Å². The highest BCUT2D eigenvalue weighted by molar-refractivity contribution is 5.52. The van der Waals surface area contributed by atoms with E-state index in [1.807, 2.05) is 18.2 Å². The maximum Gasteiger partial charge on any atom is 0.0852 e. The van der Waals surface area contributed by atoms with Crippen LogP contribution in [0.25, 0.3) is 6.08 Å². The highest BCUT2D eigenvalue weighted by Crippen LogP contribution is 2.31. The van der Waals surface area contributed by atoms with E-state index in [1.54, 1.807) is 0 Å². The Labute approximate surface area is 72.7 Å². The fourth-order valence-corrected chi connectivity index (χ4v) is 1.47. The Kier molecular flexibility index (Phi) is 1.96. The Morgan fingerprint density at radius 3 is 2.75 bits per heavy atom. The zero-order chi connectivity index (χ0) is 8.39. The number of rotatable bonds is 2. The van der Waals surface area contributed by atoms with Crippen LogP contribution in [0.15, 0.2) is 30.8 Å². The number of hydrogen-bond donors (Lipinski definition) is 0. The minimum atomic E-state index is 0.319. The lowest BCUT2D eigenvalue weighted by Gasteiger charge is -2.28. The molecule has 0 saturated carbocycles. The van der Waals surface area contributed by atoms with Crippen LogP contribution in [0.4, 0.5) is 0 Å². The van der Waals surface area contributed by atoms with E-state index in [0.29, 0.717) is 6.10 Å². The summed E-state index contributed by atoms with van der Waals surface area (Å²) in [6.45, 7) is 4.68. The molecular weight excluding hydrogens is 148 g/mol. The van der Waals surface area contributed by atoms with Crippen molar-refractivity contribution in [2.24, 2.45) is 0 Å². The Morgan fingerprint density at radius 1 is 1.42 bits per heavy atom. The molecule has 12 heavy (non-hydrogen) atoms. The smallest absolute Gasteiger partial charge is 0.0852 e. The van der Waals surface area contributed by atoms with Gasteiger partial charge in [-0.3, -0.25) is 0 Å². The molecule has 2 rings (SSSR count). The third-order valence-electron chi connectivity index (χ3n) is 2.26. The van der Waals surface area contributed by atoms with Crippen molar-refractivity contribution >= 4 is 6.08 Å². The number of hydrogen-bond acceptors (Lipinski definition) is 1. The molecule has 0 bridgehead atoms. The van der Waals surface area contributed by atoms with Gasteiger partial charge in [0, 0.05) is 6.42 Å². The average molecular weight is 160 g/mol. The summed E-state index contributed by atoms with van der Waals surface area (Å²) in [6.07, 6.45) is 3.35. The van der Waals surface area contributed by atoms with Gasteiger partial charge >= 0.3 is 0 Å². The van der Waals surface area contributed by atoms with Gasteiger partial charge in [-0.25, -0.2) is 0 Å². The average Bonchev–Trinajstić information content (AvgIpc) is 2.02. The van der Waals surface area contributed by atoms with E-state index in [2.05, 4.69) is 18.7 Å². The van der Waals surface area contributed by atoms with Crippen molar-refractivity contribution in [3.8, 4) is 0 Å². The van der Waals surface area contributed by atoms with Gasteiger partial charge in [-0.15, -0.1) is 0 Å². The first-order valence-electron chi connectivity index (χ1n) is 4.25. The molecule has 1 aromatic carbocycles. The normalized spacial score (nSPS) is 21.5. The standard InChI is InChI=1S/C11H12O/c1-2-9-5-3-4-6-10(9)11-7-8-12-11/h2-6,11H,1,7-8H2. The zero-order valence-electron chi connectivity index (χ0n) is 6.99. The molecule has 1 aliphatic heterocycles. The highest BCUT2D eigenvalue weighted by Gasteiger charge is 2.21. The van der Waals surface area contributed by atoms with Crippen LogP contribution in [-0.4, -0.2) is 6.61 Å². The van der Waals surface area contributed by atoms with E-state index in [1.165, 1.54) is 11.1 Å². The van der Waals surface area contributed by atoms with Gasteiger partial charge < -0.3 is 4.74 Å². The van der Waals surface area contributed by atoms with Crippen molar-refractivity contribution in [1.29, 1.82) is 0 Å². The monoisotopic (exact) mass is 160 g/mol. The van der Waals surface area contributed by atoms with E-state index >= 15 is 0 Å². The van der Waals surface area contributed by atoms with Crippen LogP contribution in [0.1, 0.15) is 23.7 Å². The lowest BCUT2D eigenvalue weighted by atomic mass is 9.98. The molecule has 1 aromatic rings. The molecule has 0 spiro atoms. The lowest BCUT2D eigenvalue weighted by Crippen LogP contribution is -2.18. The molecule has 1 atom stereocenters. The summed E-state index contributed by atoms with van der Waals surface area (Å²) in [7, 11) is 0. The molecule has 1 heterocycles. The molecule has 1 unspecified atom stereocenters. The SMILES string of the molecule is C=Cc1ccccc1C1CCO1. The quantitative estimate of drug-likeness (QED) is 0.646. The van der Waals surface area contributed by atoms with E-state index in [0.717, 1.165) is 13.0 Å². The third-order valence-corrected chi connectivity index (χ3v) is 2.26. The molecule has 1 fully saturated rings. The largest absolute Gasteiger partial charge is 0.373 e. The maximum atomic E-state index is 5.41. The van der Waals surface area contributed by atoms with Gasteiger partial charge in [0.15, 0.2) is 0 Å². The maximum absolute atomic E-state index is 5.41. The number of benzene rings is 1. The minimum absolute atomic E-state index is 0.319. The molecule has 0 aromatic heterocycles. The van der Waals surface area contributed by atoms with Crippen molar-refractivity contribution < 1.29 is 4.74 Å². The Bertz CT molecular complexity index is 287. The fraction of sp³-hybridized carbons (Fsp3) is 0.273. The molecule has 1 heteroatoms. The van der Waals surface area contributed by atoms with E-state index < -0.39 is 0 Å². The van der Waals surface area contributed by atoms with Crippen LogP contribution in [0.2, 0.25) is 0 Å². The molecule has 0 radical (unpaired) electrons. The Balaban J connectivity index is 2.33. The van der Waals surface area contributed by atoms with Crippen LogP contribution in [0.5, 0.6) is 0 Å². The highest BCUT2D eigenvalue weighted by atomic mass is 16.5. The summed E-state index contributed by atoms with van der Waals surface area (Å²) >= 11 is 0. The second-order valence-electron chi connectivity index (χ2n) is 2.98. The summed E-state index contributed by atoms with van der Waals surface area (Å²) in [4.78, 5) is 0. The molecule has 1 aliphatic rings. The van der Waals surface area contributed by atoms with Crippen LogP contribution >= 0.6 is 0 Å². The van der Waals surface area contributed by atoms with E-state index in [-0.39, 0.29) is 0 Å². The van der Waals surface area contributed by atoms with Crippen molar-refractivity contribution in [3.05, 3.63) is 42.0 Å². The van der Waals surface area contributed by atoms with Crippen LogP contribution in [0, 0.1) is 0 Å². The summed E-state index contributed by atoms with van der Waals surface area (Å²) in [6, 6.07) is 8.26. The predicted octanol–water partition coefficient (Wildman–Crippen LogP) is 2.79. The topological polar surface area (TPSA) is 9.23 Å². The first-order valence-corrected chi connectivity index (χ1v) is 4.25. The first-order chi connectivity index (χ1) is 5.92. The van der Waals surface area contributed by atoms with Gasteiger partial charge in [-0.2, -0.15) is 0 Å². The molecule has 1 nitrogen and oxygen atoms in total. The Hall–Kier alpha value is -1.08. The van der Waals surface area contributed by atoms with E-state index in [9.17, 15) is 0 Å². The van der Waals surface area contributed by atoms with Gasteiger partial charge in [-0.05, 0) is 11.1 Å². The molecule has 62 valence electrons. The first kappa shape index (κ1) is 7.56. The van der Waals surface area contributed by atoms with Crippen LogP contribution in [0.3, 0.4) is 0 Å². The van der Waals surface area contributed by atoms with Crippen molar-refractivity contribution in [3.63, 3.8) is 0 Å². The second-order valence-corrected chi connectivity index (χ2v) is 2.98. The number of ether oxygens (including phenoxy) is 1. The summed E-state index contributed by atoms with van der Waals surface area (Å²) < 4.78 is 5.41. The summed E-state index contributed by atoms with van der Waals surface area (Å²) in [5.41, 5.74) is 2.47. The third kappa shape index (κ3) is 1.16. The molecule has 0 amide bonds. The van der Waals surface area contributed by atoms with Crippen LogP contribution in [-0.2, 0) is 4.74 Å². The fourth-order valence-electron chi connectivity index (χ4n) is 1.47. The predicted molar refractivity (Wildman–Crippen MR) is 49.8 cm³/mol. The lowest BCUT2D eigenvalue weighted by molar-refractivity contribution is -0.0528. The second kappa shape index (κ2) is 3.11. The Morgan fingerprint density at radius 2 is 2.17 bits per heavy atom. The van der Waals surface area contributed by atoms with Crippen molar-refractivity contribution in [2.75, 3.05) is 6.61 Å². The molecule has 0 aliphatic carbocycles. The van der Waals surface area contributed by atoms with E-state index in [4.69, 9.17) is 4.74 Å². The zero-order valence-corrected chi connectivity index (χ0v) is 6.99.